The zero-order valence-electron chi connectivity index (χ0n) is 12.6. The average Bonchev–Trinajstić information content (AvgIpc) is 3.33. The van der Waals surface area contributed by atoms with Gasteiger partial charge in [-0.25, -0.2) is 18.4 Å². The summed E-state index contributed by atoms with van der Waals surface area (Å²) < 4.78 is 28.7. The molecule has 0 aliphatic heterocycles. The van der Waals surface area contributed by atoms with Crippen LogP contribution in [-0.2, 0) is 10.0 Å². The van der Waals surface area contributed by atoms with E-state index in [0.29, 0.717) is 11.5 Å². The number of fused-ring (bicyclic) bond motifs is 1. The van der Waals surface area contributed by atoms with Gasteiger partial charge in [0.1, 0.15) is 0 Å². The summed E-state index contributed by atoms with van der Waals surface area (Å²) >= 11 is 0. The van der Waals surface area contributed by atoms with Crippen molar-refractivity contribution in [3.05, 3.63) is 48.4 Å². The number of nitrogens with one attached hydrogen (secondary N) is 1. The maximum absolute atomic E-state index is 12.1. The third-order valence-electron chi connectivity index (χ3n) is 4.00. The molecule has 1 aliphatic rings. The molecule has 0 amide bonds. The van der Waals surface area contributed by atoms with Gasteiger partial charge < -0.3 is 0 Å². The fourth-order valence-corrected chi connectivity index (χ4v) is 4.01. The normalized spacial score (nSPS) is 15.0. The van der Waals surface area contributed by atoms with Gasteiger partial charge in [0.2, 0.25) is 15.8 Å². The van der Waals surface area contributed by atoms with Crippen molar-refractivity contribution < 1.29 is 8.42 Å². The summed E-state index contributed by atoms with van der Waals surface area (Å²) in [5.41, 5.74) is 3.20. The molecular formula is C16H16N4O2S. The van der Waals surface area contributed by atoms with Crippen LogP contribution in [-0.4, -0.2) is 28.0 Å². The van der Waals surface area contributed by atoms with E-state index < -0.39 is 10.0 Å². The number of hydrogen-bond acceptors (Lipinski definition) is 4. The Hall–Kier alpha value is -2.41. The van der Waals surface area contributed by atoms with Gasteiger partial charge in [0.15, 0.2) is 0 Å². The number of aryl methyl sites for hydroxylation is 1. The van der Waals surface area contributed by atoms with E-state index in [-0.39, 0.29) is 5.25 Å². The summed E-state index contributed by atoms with van der Waals surface area (Å²) in [4.78, 5) is 8.78. The SMILES string of the molecule is Cc1c(-c2cccc(NS(=O)(=O)C3CC3)c2)nc2ncccn12. The largest absolute Gasteiger partial charge is 0.288 e. The summed E-state index contributed by atoms with van der Waals surface area (Å²) in [7, 11) is -3.26. The fourth-order valence-electron chi connectivity index (χ4n) is 2.63. The lowest BCUT2D eigenvalue weighted by Gasteiger charge is -2.08. The van der Waals surface area contributed by atoms with Gasteiger partial charge in [0.05, 0.1) is 10.9 Å². The van der Waals surface area contributed by atoms with Gasteiger partial charge in [0.25, 0.3) is 0 Å². The third kappa shape index (κ3) is 2.57. The minimum atomic E-state index is -3.26. The second-order valence-corrected chi connectivity index (χ2v) is 7.72. The predicted octanol–water partition coefficient (Wildman–Crippen LogP) is 2.61. The molecule has 0 radical (unpaired) electrons. The Morgan fingerprint density at radius 2 is 2.09 bits per heavy atom. The van der Waals surface area contributed by atoms with E-state index in [4.69, 9.17) is 0 Å². The van der Waals surface area contributed by atoms with Crippen molar-refractivity contribution in [3.8, 4) is 11.3 Å². The summed E-state index contributed by atoms with van der Waals surface area (Å²) in [5, 5.41) is -0.243. The maximum atomic E-state index is 12.1. The number of imidazole rings is 1. The van der Waals surface area contributed by atoms with Crippen molar-refractivity contribution in [2.24, 2.45) is 0 Å². The Bertz CT molecular complexity index is 990. The second-order valence-electron chi connectivity index (χ2n) is 5.76. The zero-order valence-corrected chi connectivity index (χ0v) is 13.4. The summed E-state index contributed by atoms with van der Waals surface area (Å²) in [5.74, 6) is 0.629. The number of hydrogen-bond donors (Lipinski definition) is 1. The zero-order chi connectivity index (χ0) is 16.0. The van der Waals surface area contributed by atoms with Crippen LogP contribution in [0, 0.1) is 6.92 Å². The number of sulfonamides is 1. The fraction of sp³-hybridized carbons (Fsp3) is 0.250. The quantitative estimate of drug-likeness (QED) is 0.799. The molecule has 1 aliphatic carbocycles. The van der Waals surface area contributed by atoms with Crippen LogP contribution in [0.4, 0.5) is 5.69 Å². The summed E-state index contributed by atoms with van der Waals surface area (Å²) in [6, 6.07) is 9.17. The molecule has 0 bridgehead atoms. The van der Waals surface area contributed by atoms with E-state index >= 15 is 0 Å². The lowest BCUT2D eigenvalue weighted by Crippen LogP contribution is -2.17. The Balaban J connectivity index is 1.74. The molecule has 2 heterocycles. The van der Waals surface area contributed by atoms with Gasteiger partial charge in [-0.1, -0.05) is 12.1 Å². The molecule has 6 nitrogen and oxygen atoms in total. The molecular weight excluding hydrogens is 312 g/mol. The standard InChI is InChI=1S/C16H16N4O2S/c1-11-15(18-16-17-8-3-9-20(11)16)12-4-2-5-13(10-12)19-23(21,22)14-6-7-14/h2-5,8-10,14,19H,6-7H2,1H3. The molecule has 7 heteroatoms. The van der Waals surface area contributed by atoms with Crippen LogP contribution >= 0.6 is 0 Å². The van der Waals surface area contributed by atoms with Crippen molar-refractivity contribution >= 4 is 21.5 Å². The van der Waals surface area contributed by atoms with Crippen molar-refractivity contribution in [2.75, 3.05) is 4.72 Å². The highest BCUT2D eigenvalue weighted by atomic mass is 32.2. The molecule has 1 fully saturated rings. The van der Waals surface area contributed by atoms with Crippen LogP contribution in [0.15, 0.2) is 42.7 Å². The lowest BCUT2D eigenvalue weighted by molar-refractivity contribution is 0.600. The van der Waals surface area contributed by atoms with Gasteiger partial charge in [-0.05, 0) is 38.0 Å². The van der Waals surface area contributed by atoms with Crippen LogP contribution in [0.1, 0.15) is 18.5 Å². The Labute approximate surface area is 134 Å². The van der Waals surface area contributed by atoms with E-state index in [1.165, 1.54) is 0 Å². The molecule has 1 N–H and O–H groups in total. The number of benzene rings is 1. The van der Waals surface area contributed by atoms with Gasteiger partial charge in [0, 0.05) is 29.3 Å². The van der Waals surface area contributed by atoms with Crippen LogP contribution in [0.5, 0.6) is 0 Å². The van der Waals surface area contributed by atoms with E-state index in [1.807, 2.05) is 41.8 Å². The molecule has 2 aromatic heterocycles. The average molecular weight is 328 g/mol. The second kappa shape index (κ2) is 5.06. The molecule has 0 atom stereocenters. The van der Waals surface area contributed by atoms with Crippen molar-refractivity contribution in [1.82, 2.24) is 14.4 Å². The Morgan fingerprint density at radius 3 is 2.83 bits per heavy atom. The monoisotopic (exact) mass is 328 g/mol. The molecule has 1 saturated carbocycles. The highest BCUT2D eigenvalue weighted by Gasteiger charge is 2.35. The number of rotatable bonds is 4. The predicted molar refractivity (Wildman–Crippen MR) is 88.7 cm³/mol. The van der Waals surface area contributed by atoms with Crippen molar-refractivity contribution in [3.63, 3.8) is 0 Å². The molecule has 118 valence electrons. The smallest absolute Gasteiger partial charge is 0.235 e. The first kappa shape index (κ1) is 14.2. The molecule has 0 unspecified atom stereocenters. The number of nitrogens with zero attached hydrogens (tertiary/aromatic N) is 3. The first-order chi connectivity index (χ1) is 11.0. The number of anilines is 1. The molecule has 4 rings (SSSR count). The van der Waals surface area contributed by atoms with Crippen molar-refractivity contribution in [1.29, 1.82) is 0 Å². The first-order valence-corrected chi connectivity index (χ1v) is 9.01. The molecule has 0 saturated heterocycles. The highest BCUT2D eigenvalue weighted by molar-refractivity contribution is 7.93. The summed E-state index contributed by atoms with van der Waals surface area (Å²) in [6.07, 6.45) is 5.10. The first-order valence-electron chi connectivity index (χ1n) is 7.46. The molecule has 0 spiro atoms. The molecule has 23 heavy (non-hydrogen) atoms. The Morgan fingerprint density at radius 1 is 1.26 bits per heavy atom. The van der Waals surface area contributed by atoms with E-state index in [9.17, 15) is 8.42 Å². The van der Waals surface area contributed by atoms with Gasteiger partial charge >= 0.3 is 0 Å². The van der Waals surface area contributed by atoms with Gasteiger partial charge in [-0.2, -0.15) is 0 Å². The minimum Gasteiger partial charge on any atom is -0.288 e. The van der Waals surface area contributed by atoms with Crippen LogP contribution in [0.3, 0.4) is 0 Å². The van der Waals surface area contributed by atoms with E-state index in [1.54, 1.807) is 12.3 Å². The summed E-state index contributed by atoms with van der Waals surface area (Å²) in [6.45, 7) is 1.97. The van der Waals surface area contributed by atoms with Crippen LogP contribution in [0.25, 0.3) is 17.0 Å². The third-order valence-corrected chi connectivity index (χ3v) is 5.87. The number of aromatic nitrogens is 3. The Kier molecular flexibility index (Phi) is 3.12. The van der Waals surface area contributed by atoms with Gasteiger partial charge in [-0.3, -0.25) is 9.12 Å². The van der Waals surface area contributed by atoms with Gasteiger partial charge in [-0.15, -0.1) is 0 Å². The van der Waals surface area contributed by atoms with Crippen LogP contribution in [0.2, 0.25) is 0 Å². The minimum absolute atomic E-state index is 0.243. The van der Waals surface area contributed by atoms with E-state index in [0.717, 1.165) is 29.8 Å². The van der Waals surface area contributed by atoms with Crippen molar-refractivity contribution in [2.45, 2.75) is 25.0 Å². The highest BCUT2D eigenvalue weighted by Crippen LogP contribution is 2.31. The maximum Gasteiger partial charge on any atom is 0.235 e. The lowest BCUT2D eigenvalue weighted by atomic mass is 10.1. The molecule has 1 aromatic carbocycles. The molecule has 3 aromatic rings. The van der Waals surface area contributed by atoms with E-state index in [2.05, 4.69) is 14.7 Å². The topological polar surface area (TPSA) is 76.4 Å². The van der Waals surface area contributed by atoms with Crippen LogP contribution < -0.4 is 4.72 Å².